The Balaban J connectivity index is 2.33. The molecule has 0 aromatic carbocycles. The first kappa shape index (κ1) is 17.0. The Kier molecular flexibility index (Phi) is 5.02. The van der Waals surface area contributed by atoms with E-state index in [0.717, 1.165) is 0 Å². The zero-order chi connectivity index (χ0) is 17.0. The number of nitrogens with one attached hydrogen (secondary N) is 1. The van der Waals surface area contributed by atoms with Gasteiger partial charge in [0.25, 0.3) is 11.8 Å². The molecule has 1 aromatic rings. The van der Waals surface area contributed by atoms with E-state index in [0.29, 0.717) is 17.7 Å². The summed E-state index contributed by atoms with van der Waals surface area (Å²) < 4.78 is 40.3. The van der Waals surface area contributed by atoms with Crippen LogP contribution in [0.2, 0.25) is 0 Å². The molecule has 124 valence electrons. The predicted molar refractivity (Wildman–Crippen MR) is 76.5 cm³/mol. The summed E-state index contributed by atoms with van der Waals surface area (Å²) in [6.45, 7) is 3.24. The largest absolute Gasteiger partial charge is 0.417 e. The van der Waals surface area contributed by atoms with Gasteiger partial charge >= 0.3 is 6.18 Å². The van der Waals surface area contributed by atoms with Crippen LogP contribution in [0.4, 0.5) is 13.2 Å². The molecule has 1 atom stereocenters. The van der Waals surface area contributed by atoms with Gasteiger partial charge in [-0.25, -0.2) is 0 Å². The van der Waals surface area contributed by atoms with Crippen LogP contribution < -0.4 is 5.32 Å². The van der Waals surface area contributed by atoms with Crippen molar-refractivity contribution in [1.29, 1.82) is 0 Å². The van der Waals surface area contributed by atoms with Crippen LogP contribution in [0.5, 0.6) is 0 Å². The van der Waals surface area contributed by atoms with Crippen molar-refractivity contribution in [3.63, 3.8) is 0 Å². The Labute approximate surface area is 131 Å². The summed E-state index contributed by atoms with van der Waals surface area (Å²) in [4.78, 5) is 28.8. The van der Waals surface area contributed by atoms with E-state index >= 15 is 0 Å². The molecule has 1 saturated carbocycles. The van der Waals surface area contributed by atoms with Crippen molar-refractivity contribution in [2.45, 2.75) is 31.1 Å². The van der Waals surface area contributed by atoms with E-state index < -0.39 is 30.1 Å². The quantitative estimate of drug-likeness (QED) is 0.812. The molecule has 0 bridgehead atoms. The topological polar surface area (TPSA) is 62.3 Å². The van der Waals surface area contributed by atoms with E-state index in [2.05, 4.69) is 16.9 Å². The highest BCUT2D eigenvalue weighted by Gasteiger charge is 2.54. The molecule has 1 aromatic heterocycles. The molecule has 0 aliphatic heterocycles. The number of hydrogen-bond acceptors (Lipinski definition) is 3. The highest BCUT2D eigenvalue weighted by molar-refractivity contribution is 5.98. The monoisotopic (exact) mass is 327 g/mol. The summed E-state index contributed by atoms with van der Waals surface area (Å²) in [5.74, 6) is -2.09. The van der Waals surface area contributed by atoms with Crippen LogP contribution in [0.3, 0.4) is 0 Å². The van der Waals surface area contributed by atoms with Gasteiger partial charge in [0.15, 0.2) is 0 Å². The minimum Gasteiger partial charge on any atom is -0.351 e. The van der Waals surface area contributed by atoms with E-state index in [1.54, 1.807) is 0 Å². The van der Waals surface area contributed by atoms with Gasteiger partial charge in [-0.2, -0.15) is 13.2 Å². The number of pyridine rings is 1. The zero-order valence-corrected chi connectivity index (χ0v) is 12.2. The minimum atomic E-state index is -4.86. The third kappa shape index (κ3) is 4.08. The average Bonchev–Trinajstić information content (AvgIpc) is 3.33. The number of hydrogen-bond donors (Lipinski definition) is 1. The van der Waals surface area contributed by atoms with E-state index in [4.69, 9.17) is 0 Å². The van der Waals surface area contributed by atoms with Crippen LogP contribution >= 0.6 is 0 Å². The number of carbonyl (C=O) groups is 2. The molecule has 1 heterocycles. The Hall–Kier alpha value is -2.38. The van der Waals surface area contributed by atoms with Crippen LogP contribution in [0.15, 0.2) is 37.2 Å². The van der Waals surface area contributed by atoms with Crippen molar-refractivity contribution in [3.05, 3.63) is 42.7 Å². The Morgan fingerprint density at radius 1 is 1.39 bits per heavy atom. The second-order valence-corrected chi connectivity index (χ2v) is 5.16. The molecular weight excluding hydrogens is 311 g/mol. The molecule has 1 unspecified atom stereocenters. The molecule has 1 aliphatic rings. The molecule has 2 amide bonds. The van der Waals surface area contributed by atoms with E-state index in [9.17, 15) is 22.8 Å². The van der Waals surface area contributed by atoms with Crippen LogP contribution in [0, 0.1) is 0 Å². The summed E-state index contributed by atoms with van der Waals surface area (Å²) in [5, 5.41) is 2.13. The van der Waals surface area contributed by atoms with Gasteiger partial charge in [0.1, 0.15) is 0 Å². The highest BCUT2D eigenvalue weighted by Crippen LogP contribution is 2.36. The molecule has 5 nitrogen and oxygen atoms in total. The number of alkyl halides is 3. The standard InChI is InChI=1S/C15H16F3N3O2/c1-2-7-20-13(22)12(15(16,17)18)21(11-3-4-11)14(23)10-5-8-19-9-6-10/h2,5-6,8-9,11-12H,1,3-4,7H2,(H,20,22). The molecule has 1 fully saturated rings. The minimum absolute atomic E-state index is 0.0673. The number of amides is 2. The Morgan fingerprint density at radius 2 is 2.00 bits per heavy atom. The van der Waals surface area contributed by atoms with Crippen LogP contribution in [0.1, 0.15) is 23.2 Å². The molecule has 2 rings (SSSR count). The van der Waals surface area contributed by atoms with Crippen molar-refractivity contribution >= 4 is 11.8 Å². The van der Waals surface area contributed by atoms with Gasteiger partial charge in [-0.15, -0.1) is 6.58 Å². The third-order valence-corrected chi connectivity index (χ3v) is 3.36. The first-order chi connectivity index (χ1) is 10.9. The van der Waals surface area contributed by atoms with Gasteiger partial charge in [0.05, 0.1) is 0 Å². The van der Waals surface area contributed by atoms with E-state index in [-0.39, 0.29) is 12.1 Å². The van der Waals surface area contributed by atoms with Crippen molar-refractivity contribution in [2.24, 2.45) is 0 Å². The second-order valence-electron chi connectivity index (χ2n) is 5.16. The highest BCUT2D eigenvalue weighted by atomic mass is 19.4. The predicted octanol–water partition coefficient (Wildman–Crippen LogP) is 1.92. The summed E-state index contributed by atoms with van der Waals surface area (Å²) in [7, 11) is 0. The molecule has 0 saturated heterocycles. The first-order valence-corrected chi connectivity index (χ1v) is 7.04. The van der Waals surface area contributed by atoms with Gasteiger partial charge in [-0.1, -0.05) is 6.08 Å². The SMILES string of the molecule is C=CCNC(=O)C(N(C(=O)c1ccncc1)C1CC1)C(F)(F)F. The van der Waals surface area contributed by atoms with Crippen molar-refractivity contribution in [2.75, 3.05) is 6.54 Å². The normalized spacial score (nSPS) is 15.6. The second kappa shape index (κ2) is 6.80. The van der Waals surface area contributed by atoms with Gasteiger partial charge in [0, 0.05) is 30.5 Å². The zero-order valence-electron chi connectivity index (χ0n) is 12.2. The van der Waals surface area contributed by atoms with Gasteiger partial charge in [-0.05, 0) is 25.0 Å². The summed E-state index contributed by atoms with van der Waals surface area (Å²) in [6, 6.07) is -0.452. The number of rotatable bonds is 6. The smallest absolute Gasteiger partial charge is 0.351 e. The lowest BCUT2D eigenvalue weighted by atomic mass is 10.1. The van der Waals surface area contributed by atoms with Crippen molar-refractivity contribution in [3.8, 4) is 0 Å². The summed E-state index contributed by atoms with van der Waals surface area (Å²) >= 11 is 0. The number of aromatic nitrogens is 1. The molecule has 1 N–H and O–H groups in total. The molecule has 0 spiro atoms. The Morgan fingerprint density at radius 3 is 2.48 bits per heavy atom. The van der Waals surface area contributed by atoms with Crippen molar-refractivity contribution < 1.29 is 22.8 Å². The number of carbonyl (C=O) groups excluding carboxylic acids is 2. The molecule has 8 heteroatoms. The van der Waals surface area contributed by atoms with Crippen LogP contribution in [-0.4, -0.2) is 46.5 Å². The fourth-order valence-electron chi connectivity index (χ4n) is 2.19. The lowest BCUT2D eigenvalue weighted by Crippen LogP contribution is -2.57. The van der Waals surface area contributed by atoms with Gasteiger partial charge < -0.3 is 10.2 Å². The number of nitrogens with zero attached hydrogens (tertiary/aromatic N) is 2. The maximum absolute atomic E-state index is 13.4. The fraction of sp³-hybridized carbons (Fsp3) is 0.400. The molecular formula is C15H16F3N3O2. The van der Waals surface area contributed by atoms with Crippen LogP contribution in [-0.2, 0) is 4.79 Å². The maximum atomic E-state index is 13.4. The average molecular weight is 327 g/mol. The Bertz CT molecular complexity index is 585. The third-order valence-electron chi connectivity index (χ3n) is 3.36. The van der Waals surface area contributed by atoms with E-state index in [1.807, 2.05) is 0 Å². The van der Waals surface area contributed by atoms with Gasteiger partial charge in [-0.3, -0.25) is 14.6 Å². The molecule has 1 aliphatic carbocycles. The lowest BCUT2D eigenvalue weighted by molar-refractivity contribution is -0.185. The van der Waals surface area contributed by atoms with Gasteiger partial charge in [0.2, 0.25) is 6.04 Å². The van der Waals surface area contributed by atoms with E-state index in [1.165, 1.54) is 30.6 Å². The summed E-state index contributed by atoms with van der Waals surface area (Å²) in [6.07, 6.45) is -0.0678. The van der Waals surface area contributed by atoms with Crippen molar-refractivity contribution in [1.82, 2.24) is 15.2 Å². The molecule has 23 heavy (non-hydrogen) atoms. The maximum Gasteiger partial charge on any atom is 0.417 e. The first-order valence-electron chi connectivity index (χ1n) is 7.04. The molecule has 0 radical (unpaired) electrons. The van der Waals surface area contributed by atoms with Crippen LogP contribution in [0.25, 0.3) is 0 Å². The summed E-state index contributed by atoms with van der Waals surface area (Å²) in [5.41, 5.74) is 0.0673. The number of halogens is 3. The fourth-order valence-corrected chi connectivity index (χ4v) is 2.19. The lowest BCUT2D eigenvalue weighted by Gasteiger charge is -2.32.